The van der Waals surface area contributed by atoms with E-state index >= 15 is 0 Å². The second kappa shape index (κ2) is 11.9. The number of aliphatic imine (C=N–C) groups is 1. The first kappa shape index (κ1) is 24.9. The highest BCUT2D eigenvalue weighted by Gasteiger charge is 2.28. The largest absolute Gasteiger partial charge is 0.379 e. The van der Waals surface area contributed by atoms with Crippen molar-refractivity contribution in [1.82, 2.24) is 15.5 Å². The van der Waals surface area contributed by atoms with Gasteiger partial charge in [0.15, 0.2) is 5.96 Å². The van der Waals surface area contributed by atoms with Crippen molar-refractivity contribution in [2.24, 2.45) is 4.99 Å². The zero-order valence-electron chi connectivity index (χ0n) is 18.4. The van der Waals surface area contributed by atoms with Crippen LogP contribution in [-0.2, 0) is 16.1 Å². The number of halogens is 1. The number of hydrogen-bond donors (Lipinski definition) is 2. The molecule has 2 N–H and O–H groups in total. The lowest BCUT2D eigenvalue weighted by molar-refractivity contribution is -0.119. The molecular formula is C22H36IN5O2. The van der Waals surface area contributed by atoms with Crippen molar-refractivity contribution in [2.45, 2.75) is 45.2 Å². The number of hydrogen-bond acceptors (Lipinski definition) is 4. The molecule has 168 valence electrons. The molecule has 1 aromatic carbocycles. The highest BCUT2D eigenvalue weighted by Crippen LogP contribution is 2.21. The maximum absolute atomic E-state index is 12.1. The van der Waals surface area contributed by atoms with E-state index in [0.717, 1.165) is 69.4 Å². The fraction of sp³-hybridized carbons (Fsp3) is 0.636. The zero-order valence-corrected chi connectivity index (χ0v) is 20.8. The van der Waals surface area contributed by atoms with Gasteiger partial charge in [0.05, 0.1) is 13.2 Å². The van der Waals surface area contributed by atoms with Gasteiger partial charge >= 0.3 is 0 Å². The summed E-state index contributed by atoms with van der Waals surface area (Å²) in [6.45, 7) is 10.4. The van der Waals surface area contributed by atoms with E-state index < -0.39 is 0 Å². The predicted molar refractivity (Wildman–Crippen MR) is 133 cm³/mol. The Morgan fingerprint density at radius 3 is 2.43 bits per heavy atom. The standard InChI is InChI=1S/C22H35N5O2.HI/c1-22(2,26-12-14-29-15-13-26)17-25-21(23-3)24-16-18-7-9-19(10-8-18)27-11-5-4-6-20(27)28;/h7-10H,4-6,11-17H2,1-3H3,(H2,23,24,25);1H. The first-order valence-corrected chi connectivity index (χ1v) is 10.7. The van der Waals surface area contributed by atoms with Crippen molar-refractivity contribution in [3.8, 4) is 0 Å². The monoisotopic (exact) mass is 529 g/mol. The summed E-state index contributed by atoms with van der Waals surface area (Å²) in [5.41, 5.74) is 2.19. The Labute approximate surface area is 197 Å². The predicted octanol–water partition coefficient (Wildman–Crippen LogP) is 2.60. The third-order valence-corrected chi connectivity index (χ3v) is 5.81. The number of carbonyl (C=O) groups is 1. The van der Waals surface area contributed by atoms with Crippen LogP contribution in [0, 0.1) is 0 Å². The van der Waals surface area contributed by atoms with Crippen molar-refractivity contribution in [3.63, 3.8) is 0 Å². The van der Waals surface area contributed by atoms with E-state index in [2.05, 4.69) is 46.5 Å². The fourth-order valence-corrected chi connectivity index (χ4v) is 3.86. The molecule has 0 radical (unpaired) electrons. The first-order valence-electron chi connectivity index (χ1n) is 10.7. The molecule has 0 saturated carbocycles. The Hall–Kier alpha value is -1.39. The molecule has 30 heavy (non-hydrogen) atoms. The smallest absolute Gasteiger partial charge is 0.226 e. The van der Waals surface area contributed by atoms with E-state index in [1.54, 1.807) is 7.05 Å². The average Bonchev–Trinajstić information content (AvgIpc) is 2.75. The third kappa shape index (κ3) is 6.81. The summed E-state index contributed by atoms with van der Waals surface area (Å²) in [5.74, 6) is 1.02. The maximum atomic E-state index is 12.1. The number of amides is 1. The number of piperidine rings is 1. The van der Waals surface area contributed by atoms with Crippen molar-refractivity contribution >= 4 is 41.5 Å². The van der Waals surface area contributed by atoms with Crippen molar-refractivity contribution < 1.29 is 9.53 Å². The zero-order chi connectivity index (χ0) is 20.7. The Balaban J connectivity index is 0.00000320. The van der Waals surface area contributed by atoms with E-state index in [1.807, 2.05) is 17.0 Å². The maximum Gasteiger partial charge on any atom is 0.226 e. The van der Waals surface area contributed by atoms with E-state index in [0.29, 0.717) is 13.0 Å². The molecule has 0 unspecified atom stereocenters. The van der Waals surface area contributed by atoms with Crippen LogP contribution < -0.4 is 15.5 Å². The van der Waals surface area contributed by atoms with Gasteiger partial charge in [-0.05, 0) is 44.4 Å². The highest BCUT2D eigenvalue weighted by molar-refractivity contribution is 14.0. The molecule has 0 bridgehead atoms. The molecule has 0 aromatic heterocycles. The van der Waals surface area contributed by atoms with Crippen LogP contribution in [0.1, 0.15) is 38.7 Å². The molecule has 2 saturated heterocycles. The first-order chi connectivity index (χ1) is 14.0. The number of nitrogens with one attached hydrogen (secondary N) is 2. The lowest BCUT2D eigenvalue weighted by Crippen LogP contribution is -2.56. The van der Waals surface area contributed by atoms with Crippen LogP contribution in [0.3, 0.4) is 0 Å². The molecule has 7 nitrogen and oxygen atoms in total. The van der Waals surface area contributed by atoms with Gasteiger partial charge in [-0.1, -0.05) is 12.1 Å². The minimum atomic E-state index is 0. The summed E-state index contributed by atoms with van der Waals surface area (Å²) in [6.07, 6.45) is 2.75. The van der Waals surface area contributed by atoms with Gasteiger partial charge in [-0.2, -0.15) is 0 Å². The van der Waals surface area contributed by atoms with Crippen molar-refractivity contribution in [2.75, 3.05) is 51.3 Å². The molecule has 0 atom stereocenters. The van der Waals surface area contributed by atoms with Crippen LogP contribution in [0.15, 0.2) is 29.3 Å². The Morgan fingerprint density at radius 2 is 1.80 bits per heavy atom. The minimum Gasteiger partial charge on any atom is -0.379 e. The molecule has 1 aromatic rings. The van der Waals surface area contributed by atoms with Crippen LogP contribution >= 0.6 is 24.0 Å². The Bertz CT molecular complexity index is 702. The van der Waals surface area contributed by atoms with Crippen molar-refractivity contribution in [1.29, 1.82) is 0 Å². The van der Waals surface area contributed by atoms with Gasteiger partial charge in [0.25, 0.3) is 0 Å². The van der Waals surface area contributed by atoms with Gasteiger partial charge in [-0.25, -0.2) is 0 Å². The minimum absolute atomic E-state index is 0. The van der Waals surface area contributed by atoms with Crippen LogP contribution in [0.4, 0.5) is 5.69 Å². The number of nitrogens with zero attached hydrogens (tertiary/aromatic N) is 3. The molecule has 2 heterocycles. The summed E-state index contributed by atoms with van der Waals surface area (Å²) in [4.78, 5) is 20.8. The molecule has 1 amide bonds. The van der Waals surface area contributed by atoms with Gasteiger partial charge in [0.1, 0.15) is 0 Å². The van der Waals surface area contributed by atoms with Gasteiger partial charge in [-0.3, -0.25) is 14.7 Å². The normalized spacial score (nSPS) is 18.7. The fourth-order valence-electron chi connectivity index (χ4n) is 3.86. The quantitative estimate of drug-likeness (QED) is 0.337. The number of benzene rings is 1. The van der Waals surface area contributed by atoms with Crippen LogP contribution in [0.5, 0.6) is 0 Å². The lowest BCUT2D eigenvalue weighted by Gasteiger charge is -2.41. The molecule has 8 heteroatoms. The summed E-state index contributed by atoms with van der Waals surface area (Å²) in [5, 5.41) is 6.83. The second-order valence-corrected chi connectivity index (χ2v) is 8.36. The van der Waals surface area contributed by atoms with E-state index in [1.165, 1.54) is 0 Å². The summed E-state index contributed by atoms with van der Waals surface area (Å²) in [7, 11) is 1.79. The summed E-state index contributed by atoms with van der Waals surface area (Å²) >= 11 is 0. The van der Waals surface area contributed by atoms with Crippen LogP contribution in [0.2, 0.25) is 0 Å². The second-order valence-electron chi connectivity index (χ2n) is 8.36. The summed E-state index contributed by atoms with van der Waals surface area (Å²) in [6, 6.07) is 8.24. The van der Waals surface area contributed by atoms with E-state index in [4.69, 9.17) is 4.74 Å². The number of guanidine groups is 1. The topological polar surface area (TPSA) is 69.2 Å². The van der Waals surface area contributed by atoms with Gasteiger partial charge in [0.2, 0.25) is 5.91 Å². The summed E-state index contributed by atoms with van der Waals surface area (Å²) < 4.78 is 5.46. The molecule has 0 aliphatic carbocycles. The van der Waals surface area contributed by atoms with Crippen LogP contribution in [0.25, 0.3) is 0 Å². The van der Waals surface area contributed by atoms with Gasteiger partial charge < -0.3 is 20.3 Å². The molecule has 3 rings (SSSR count). The molecule has 0 spiro atoms. The number of morpholine rings is 1. The van der Waals surface area contributed by atoms with Crippen LogP contribution in [-0.4, -0.2) is 68.7 Å². The number of ether oxygens (including phenoxy) is 1. The highest BCUT2D eigenvalue weighted by atomic mass is 127. The molecule has 2 aliphatic rings. The van der Waals surface area contributed by atoms with Gasteiger partial charge in [-0.15, -0.1) is 24.0 Å². The molecule has 2 aliphatic heterocycles. The van der Waals surface area contributed by atoms with Crippen molar-refractivity contribution in [3.05, 3.63) is 29.8 Å². The number of anilines is 1. The number of rotatable bonds is 6. The Kier molecular flexibility index (Phi) is 9.83. The number of carbonyl (C=O) groups excluding carboxylic acids is 1. The lowest BCUT2D eigenvalue weighted by atomic mass is 10.0. The SMILES string of the molecule is CN=C(NCc1ccc(N2CCCCC2=O)cc1)NCC(C)(C)N1CCOCC1.I. The molecular weight excluding hydrogens is 493 g/mol. The van der Waals surface area contributed by atoms with E-state index in [9.17, 15) is 4.79 Å². The van der Waals surface area contributed by atoms with Gasteiger partial charge in [0, 0.05) is 57.4 Å². The molecule has 2 fully saturated rings. The van der Waals surface area contributed by atoms with E-state index in [-0.39, 0.29) is 35.4 Å². The average molecular weight is 529 g/mol. The Morgan fingerprint density at radius 1 is 1.10 bits per heavy atom. The third-order valence-electron chi connectivity index (χ3n) is 5.81.